The molecule has 0 aliphatic carbocycles. The van der Waals surface area contributed by atoms with Gasteiger partial charge in [0.05, 0.1) is 27.4 Å². The zero-order chi connectivity index (χ0) is 31.5. The van der Waals surface area contributed by atoms with Gasteiger partial charge in [0.25, 0.3) is 11.5 Å². The van der Waals surface area contributed by atoms with E-state index in [2.05, 4.69) is 10.3 Å². The van der Waals surface area contributed by atoms with Crippen molar-refractivity contribution < 1.29 is 23.8 Å². The second kappa shape index (κ2) is 12.6. The van der Waals surface area contributed by atoms with Gasteiger partial charge in [-0.05, 0) is 78.2 Å². The number of carboxylic acids is 1. The third-order valence-electron chi connectivity index (χ3n) is 7.27. The van der Waals surface area contributed by atoms with Crippen molar-refractivity contribution in [3.63, 3.8) is 0 Å². The Morgan fingerprint density at radius 2 is 1.67 bits per heavy atom. The smallest absolute Gasteiger partial charge is 0.335 e. The number of halogens is 1. The minimum absolute atomic E-state index is 0.208. The predicted molar refractivity (Wildman–Crippen MR) is 169 cm³/mol. The molecule has 1 aliphatic rings. The van der Waals surface area contributed by atoms with Crippen molar-refractivity contribution in [2.75, 3.05) is 5.32 Å². The molecule has 45 heavy (non-hydrogen) atoms. The number of carbonyl (C=O) groups is 2. The van der Waals surface area contributed by atoms with Crippen LogP contribution in [0.25, 0.3) is 6.08 Å². The van der Waals surface area contributed by atoms with Crippen molar-refractivity contribution in [2.45, 2.75) is 19.6 Å². The van der Waals surface area contributed by atoms with E-state index < -0.39 is 23.7 Å². The minimum Gasteiger partial charge on any atom is -0.489 e. The standard InChI is InChI=1S/C35H26FN3O5S/c1-21-30(32(40)38-27-5-3-2-4-6-27)31(24-13-15-26(36)16-14-24)39-33(41)29(45-35(39)37-21)19-22-9-17-28(18-10-22)44-20-23-7-11-25(12-8-23)34(42)43/h2-19,31H,20H2,1H3,(H,38,40)(H,42,43)/b29-19+/t31-/m0/s1. The molecule has 0 fully saturated rings. The van der Waals surface area contributed by atoms with Crippen molar-refractivity contribution in [3.05, 3.63) is 162 Å². The van der Waals surface area contributed by atoms with Gasteiger partial charge in [0, 0.05) is 5.69 Å². The first-order chi connectivity index (χ1) is 21.8. The fraction of sp³-hybridized carbons (Fsp3) is 0.0857. The molecule has 0 bridgehead atoms. The largest absolute Gasteiger partial charge is 0.489 e. The van der Waals surface area contributed by atoms with Crippen LogP contribution in [0.15, 0.2) is 124 Å². The maximum atomic E-state index is 13.9. The first-order valence-electron chi connectivity index (χ1n) is 14.0. The summed E-state index contributed by atoms with van der Waals surface area (Å²) in [5, 5.41) is 12.0. The molecule has 0 spiro atoms. The van der Waals surface area contributed by atoms with Gasteiger partial charge in [-0.3, -0.25) is 14.2 Å². The Morgan fingerprint density at radius 1 is 0.978 bits per heavy atom. The molecule has 2 N–H and O–H groups in total. The number of aromatic nitrogens is 1. The molecule has 0 saturated carbocycles. The van der Waals surface area contributed by atoms with Crippen molar-refractivity contribution in [3.8, 4) is 5.75 Å². The van der Waals surface area contributed by atoms with Crippen LogP contribution in [0.2, 0.25) is 0 Å². The number of ether oxygens (including phenoxy) is 1. The first kappa shape index (κ1) is 29.5. The molecule has 8 nitrogen and oxygen atoms in total. The van der Waals surface area contributed by atoms with E-state index in [0.717, 1.165) is 11.1 Å². The number of fused-ring (bicyclic) bond motifs is 1. The number of anilines is 1. The molecule has 0 radical (unpaired) electrons. The Kier molecular flexibility index (Phi) is 8.22. The number of carbonyl (C=O) groups excluding carboxylic acids is 1. The second-order valence-electron chi connectivity index (χ2n) is 10.3. The highest BCUT2D eigenvalue weighted by Gasteiger charge is 2.32. The number of amides is 1. The van der Waals surface area contributed by atoms with E-state index in [0.29, 0.717) is 37.6 Å². The number of thiazole rings is 1. The van der Waals surface area contributed by atoms with Crippen LogP contribution in [0.4, 0.5) is 10.1 Å². The molecule has 1 amide bonds. The summed E-state index contributed by atoms with van der Waals surface area (Å²) < 4.78 is 21.6. The lowest BCUT2D eigenvalue weighted by atomic mass is 9.95. The SMILES string of the molecule is CC1=C(C(=O)Nc2ccccc2)[C@H](c2ccc(F)cc2)n2c(s/c(=C/c3ccc(OCc4ccc(C(=O)O)cc4)cc3)c2=O)=N1. The Labute approximate surface area is 260 Å². The van der Waals surface area contributed by atoms with Gasteiger partial charge in [-0.25, -0.2) is 14.2 Å². The molecule has 10 heteroatoms. The molecular weight excluding hydrogens is 593 g/mol. The maximum absolute atomic E-state index is 13.9. The number of para-hydroxylation sites is 1. The topological polar surface area (TPSA) is 110 Å². The van der Waals surface area contributed by atoms with E-state index in [1.807, 2.05) is 30.3 Å². The van der Waals surface area contributed by atoms with Crippen LogP contribution in [0.1, 0.15) is 40.0 Å². The van der Waals surface area contributed by atoms with Crippen LogP contribution in [0.3, 0.4) is 0 Å². The normalized spacial score (nSPS) is 14.4. The number of hydrogen-bond acceptors (Lipinski definition) is 6. The van der Waals surface area contributed by atoms with Crippen LogP contribution < -0.4 is 24.9 Å². The van der Waals surface area contributed by atoms with Crippen molar-refractivity contribution in [2.24, 2.45) is 4.99 Å². The number of allylic oxidation sites excluding steroid dienone is 1. The van der Waals surface area contributed by atoms with Crippen molar-refractivity contribution in [1.82, 2.24) is 4.57 Å². The zero-order valence-corrected chi connectivity index (χ0v) is 24.8. The van der Waals surface area contributed by atoms with Crippen LogP contribution in [0, 0.1) is 5.82 Å². The van der Waals surface area contributed by atoms with Gasteiger partial charge < -0.3 is 15.2 Å². The fourth-order valence-electron chi connectivity index (χ4n) is 5.01. The molecule has 4 aromatic carbocycles. The summed E-state index contributed by atoms with van der Waals surface area (Å²) in [6, 6.07) is 27.6. The summed E-state index contributed by atoms with van der Waals surface area (Å²) >= 11 is 1.21. The number of nitrogens with one attached hydrogen (secondary N) is 1. The molecular formula is C35H26FN3O5S. The van der Waals surface area contributed by atoms with E-state index in [1.54, 1.807) is 61.5 Å². The monoisotopic (exact) mass is 619 g/mol. The summed E-state index contributed by atoms with van der Waals surface area (Å²) in [5.74, 6) is -1.21. The van der Waals surface area contributed by atoms with Crippen LogP contribution in [-0.2, 0) is 11.4 Å². The van der Waals surface area contributed by atoms with E-state index in [-0.39, 0.29) is 17.7 Å². The number of hydrogen-bond donors (Lipinski definition) is 2. The average molecular weight is 620 g/mol. The third-order valence-corrected chi connectivity index (χ3v) is 8.25. The molecule has 5 aromatic rings. The fourth-order valence-corrected chi connectivity index (χ4v) is 6.06. The van der Waals surface area contributed by atoms with E-state index in [9.17, 15) is 18.8 Å². The summed E-state index contributed by atoms with van der Waals surface area (Å²) in [4.78, 5) is 43.6. The Balaban J connectivity index is 1.30. The number of aromatic carboxylic acids is 1. The minimum atomic E-state index is -0.986. The van der Waals surface area contributed by atoms with Gasteiger partial charge >= 0.3 is 5.97 Å². The third kappa shape index (κ3) is 6.36. The second-order valence-corrected chi connectivity index (χ2v) is 11.3. The lowest BCUT2D eigenvalue weighted by Crippen LogP contribution is -2.40. The van der Waals surface area contributed by atoms with Crippen LogP contribution >= 0.6 is 11.3 Å². The first-order valence-corrected chi connectivity index (χ1v) is 14.8. The van der Waals surface area contributed by atoms with Crippen molar-refractivity contribution >= 4 is 35.0 Å². The highest BCUT2D eigenvalue weighted by molar-refractivity contribution is 7.07. The average Bonchev–Trinajstić information content (AvgIpc) is 3.34. The van der Waals surface area contributed by atoms with Gasteiger partial charge in [-0.2, -0.15) is 0 Å². The quantitative estimate of drug-likeness (QED) is 0.245. The van der Waals surface area contributed by atoms with Gasteiger partial charge in [-0.1, -0.05) is 65.9 Å². The van der Waals surface area contributed by atoms with Gasteiger partial charge in [0.2, 0.25) is 0 Å². The van der Waals surface area contributed by atoms with Crippen LogP contribution in [0.5, 0.6) is 5.75 Å². The molecule has 2 heterocycles. The Morgan fingerprint density at radius 3 is 2.33 bits per heavy atom. The molecule has 1 aromatic heterocycles. The molecule has 0 unspecified atom stereocenters. The van der Waals surface area contributed by atoms with E-state index in [4.69, 9.17) is 9.84 Å². The number of carboxylic acid groups (broad SMARTS) is 1. The Hall–Kier alpha value is -5.61. The maximum Gasteiger partial charge on any atom is 0.335 e. The van der Waals surface area contributed by atoms with Crippen molar-refractivity contribution in [1.29, 1.82) is 0 Å². The highest BCUT2D eigenvalue weighted by Crippen LogP contribution is 2.31. The van der Waals surface area contributed by atoms with Crippen LogP contribution in [-0.4, -0.2) is 21.6 Å². The van der Waals surface area contributed by atoms with Gasteiger partial charge in [-0.15, -0.1) is 0 Å². The molecule has 1 aliphatic heterocycles. The number of benzene rings is 4. The summed E-state index contributed by atoms with van der Waals surface area (Å²) in [7, 11) is 0. The predicted octanol–water partition coefficient (Wildman–Crippen LogP) is 5.29. The summed E-state index contributed by atoms with van der Waals surface area (Å²) in [5.41, 5.74) is 3.41. The molecule has 6 rings (SSSR count). The molecule has 224 valence electrons. The van der Waals surface area contributed by atoms with Gasteiger partial charge in [0.1, 0.15) is 18.2 Å². The summed E-state index contributed by atoms with van der Waals surface area (Å²) in [6.45, 7) is 1.99. The van der Waals surface area contributed by atoms with E-state index in [1.165, 1.54) is 40.2 Å². The summed E-state index contributed by atoms with van der Waals surface area (Å²) in [6.07, 6.45) is 1.75. The number of nitrogens with zero attached hydrogens (tertiary/aromatic N) is 2. The molecule has 1 atom stereocenters. The lowest BCUT2D eigenvalue weighted by molar-refractivity contribution is -0.113. The molecule has 0 saturated heterocycles. The number of rotatable bonds is 8. The lowest BCUT2D eigenvalue weighted by Gasteiger charge is -2.25. The zero-order valence-electron chi connectivity index (χ0n) is 23.9. The van der Waals surface area contributed by atoms with E-state index >= 15 is 0 Å². The van der Waals surface area contributed by atoms with Gasteiger partial charge in [0.15, 0.2) is 4.80 Å². The highest BCUT2D eigenvalue weighted by atomic mass is 32.1. The Bertz CT molecular complexity index is 2100.